The summed E-state index contributed by atoms with van der Waals surface area (Å²) in [4.78, 5) is 20.7. The maximum Gasteiger partial charge on any atom is 0.254 e. The summed E-state index contributed by atoms with van der Waals surface area (Å²) in [6, 6.07) is 14.1. The van der Waals surface area contributed by atoms with Gasteiger partial charge in [0.2, 0.25) is 0 Å². The van der Waals surface area contributed by atoms with Crippen molar-refractivity contribution in [1.29, 1.82) is 0 Å². The predicted molar refractivity (Wildman–Crippen MR) is 115 cm³/mol. The van der Waals surface area contributed by atoms with Crippen LogP contribution in [0.4, 0.5) is 4.39 Å². The van der Waals surface area contributed by atoms with E-state index < -0.39 is 17.6 Å². The minimum absolute atomic E-state index is 0.235. The highest BCUT2D eigenvalue weighted by atomic mass is 19.1. The van der Waals surface area contributed by atoms with Gasteiger partial charge in [0, 0.05) is 54.5 Å². The second kappa shape index (κ2) is 7.67. The maximum atomic E-state index is 14.9. The molecule has 3 aromatic rings. The monoisotopic (exact) mass is 421 g/mol. The summed E-state index contributed by atoms with van der Waals surface area (Å²) >= 11 is 0. The number of nitrogens with zero attached hydrogens (tertiary/aromatic N) is 3. The van der Waals surface area contributed by atoms with Crippen LogP contribution in [0.5, 0.6) is 0 Å². The third-order valence-corrected chi connectivity index (χ3v) is 6.31. The van der Waals surface area contributed by atoms with E-state index in [0.717, 1.165) is 10.9 Å². The number of aromatic nitrogens is 1. The summed E-state index contributed by atoms with van der Waals surface area (Å²) in [7, 11) is 0. The Labute approximate surface area is 179 Å². The van der Waals surface area contributed by atoms with Gasteiger partial charge in [0.15, 0.2) is 0 Å². The number of aliphatic hydroxyl groups excluding tert-OH is 1. The summed E-state index contributed by atoms with van der Waals surface area (Å²) in [6.07, 6.45) is 1.95. The molecular weight excluding hydrogens is 397 g/mol. The normalized spacial score (nSPS) is 19.4. The molecule has 1 atom stereocenters. The SMILES string of the molecule is O=C(c1ccc(-c2cnc3ccccc3c2)c(F)c1)N1CCN(C(O)C2(O)CC2)CC1. The molecule has 2 aliphatic rings. The number of fused-ring (bicyclic) bond motifs is 1. The summed E-state index contributed by atoms with van der Waals surface area (Å²) < 4.78 is 14.9. The van der Waals surface area contributed by atoms with Gasteiger partial charge in [-0.25, -0.2) is 4.39 Å². The van der Waals surface area contributed by atoms with E-state index in [-0.39, 0.29) is 5.91 Å². The molecule has 2 N–H and O–H groups in total. The van der Waals surface area contributed by atoms with Gasteiger partial charge in [0.25, 0.3) is 5.91 Å². The third-order valence-electron chi connectivity index (χ3n) is 6.31. The molecule has 2 heterocycles. The summed E-state index contributed by atoms with van der Waals surface area (Å²) in [6.45, 7) is 1.78. The van der Waals surface area contributed by atoms with Crippen molar-refractivity contribution in [2.24, 2.45) is 0 Å². The number of benzene rings is 2. The molecule has 1 aliphatic heterocycles. The van der Waals surface area contributed by atoms with Gasteiger partial charge in [-0.1, -0.05) is 24.3 Å². The van der Waals surface area contributed by atoms with Crippen LogP contribution in [0, 0.1) is 5.82 Å². The number of piperazine rings is 1. The van der Waals surface area contributed by atoms with E-state index in [0.29, 0.717) is 55.7 Å². The number of halogens is 1. The lowest BCUT2D eigenvalue weighted by Crippen LogP contribution is -2.55. The Morgan fingerprint density at radius 1 is 1.06 bits per heavy atom. The van der Waals surface area contributed by atoms with Crippen molar-refractivity contribution in [2.45, 2.75) is 24.7 Å². The largest absolute Gasteiger partial charge is 0.386 e. The van der Waals surface area contributed by atoms with Crippen LogP contribution in [0.15, 0.2) is 54.7 Å². The fourth-order valence-electron chi connectivity index (χ4n) is 4.18. The van der Waals surface area contributed by atoms with E-state index in [4.69, 9.17) is 0 Å². The van der Waals surface area contributed by atoms with Gasteiger partial charge < -0.3 is 15.1 Å². The Morgan fingerprint density at radius 2 is 1.81 bits per heavy atom. The van der Waals surface area contributed by atoms with E-state index in [1.807, 2.05) is 30.3 Å². The molecule has 0 bridgehead atoms. The Balaban J connectivity index is 1.30. The van der Waals surface area contributed by atoms with E-state index in [2.05, 4.69) is 4.98 Å². The number of hydrogen-bond acceptors (Lipinski definition) is 5. The average molecular weight is 421 g/mol. The van der Waals surface area contributed by atoms with Crippen LogP contribution in [0.2, 0.25) is 0 Å². The van der Waals surface area contributed by atoms with Crippen molar-refractivity contribution in [3.63, 3.8) is 0 Å². The molecule has 0 spiro atoms. The maximum absolute atomic E-state index is 14.9. The lowest BCUT2D eigenvalue weighted by atomic mass is 10.0. The number of rotatable bonds is 4. The van der Waals surface area contributed by atoms with Crippen LogP contribution in [-0.2, 0) is 0 Å². The van der Waals surface area contributed by atoms with Crippen LogP contribution < -0.4 is 0 Å². The number of aliphatic hydroxyl groups is 2. The van der Waals surface area contributed by atoms with Crippen LogP contribution in [0.3, 0.4) is 0 Å². The molecule has 0 radical (unpaired) electrons. The second-order valence-electron chi connectivity index (χ2n) is 8.42. The molecule has 2 fully saturated rings. The van der Waals surface area contributed by atoms with E-state index >= 15 is 0 Å². The molecule has 31 heavy (non-hydrogen) atoms. The van der Waals surface area contributed by atoms with Crippen LogP contribution >= 0.6 is 0 Å². The van der Waals surface area contributed by atoms with Gasteiger partial charge in [-0.15, -0.1) is 0 Å². The Hall–Kier alpha value is -2.87. The number of pyridine rings is 1. The highest BCUT2D eigenvalue weighted by Crippen LogP contribution is 2.39. The Morgan fingerprint density at radius 3 is 2.52 bits per heavy atom. The first-order valence-corrected chi connectivity index (χ1v) is 10.5. The number of para-hydroxylation sites is 1. The summed E-state index contributed by atoms with van der Waals surface area (Å²) in [5, 5.41) is 21.3. The van der Waals surface area contributed by atoms with Crippen LogP contribution in [-0.4, -0.2) is 68.9 Å². The van der Waals surface area contributed by atoms with Crippen molar-refractivity contribution in [3.05, 3.63) is 66.1 Å². The van der Waals surface area contributed by atoms with Gasteiger partial charge >= 0.3 is 0 Å². The van der Waals surface area contributed by atoms with Crippen LogP contribution in [0.25, 0.3) is 22.0 Å². The lowest BCUT2D eigenvalue weighted by Gasteiger charge is -2.38. The zero-order valence-electron chi connectivity index (χ0n) is 17.0. The van der Waals surface area contributed by atoms with Crippen molar-refractivity contribution < 1.29 is 19.4 Å². The summed E-state index contributed by atoms with van der Waals surface area (Å²) in [5.41, 5.74) is 1.21. The first kappa shape index (κ1) is 20.1. The fraction of sp³-hybridized carbons (Fsp3) is 0.333. The standard InChI is InChI=1S/C24H24FN3O3/c25-20-14-17(5-6-19(20)18-13-16-3-1-2-4-21(16)26-15-18)22(29)27-9-11-28(12-10-27)23(30)24(31)7-8-24/h1-6,13-15,23,30-31H,7-12H2. The molecule has 7 heteroatoms. The molecule has 2 aromatic carbocycles. The Kier molecular flexibility index (Phi) is 4.97. The highest BCUT2D eigenvalue weighted by Gasteiger charge is 2.50. The van der Waals surface area contributed by atoms with Gasteiger partial charge in [-0.05, 0) is 37.1 Å². The highest BCUT2D eigenvalue weighted by molar-refractivity contribution is 5.95. The van der Waals surface area contributed by atoms with Crippen LogP contribution in [0.1, 0.15) is 23.2 Å². The van der Waals surface area contributed by atoms with E-state index in [9.17, 15) is 19.4 Å². The van der Waals surface area contributed by atoms with E-state index in [1.54, 1.807) is 28.1 Å². The molecule has 5 rings (SSSR count). The second-order valence-corrected chi connectivity index (χ2v) is 8.42. The van der Waals surface area contributed by atoms with Crippen molar-refractivity contribution in [2.75, 3.05) is 26.2 Å². The molecule has 1 aromatic heterocycles. The zero-order chi connectivity index (χ0) is 21.6. The van der Waals surface area contributed by atoms with Gasteiger partial charge in [-0.2, -0.15) is 0 Å². The van der Waals surface area contributed by atoms with Crippen molar-refractivity contribution >= 4 is 16.8 Å². The zero-order valence-corrected chi connectivity index (χ0v) is 17.0. The predicted octanol–water partition coefficient (Wildman–Crippen LogP) is 2.64. The van der Waals surface area contributed by atoms with E-state index in [1.165, 1.54) is 6.07 Å². The number of carbonyl (C=O) groups excluding carboxylic acids is 1. The van der Waals surface area contributed by atoms with Crippen molar-refractivity contribution in [1.82, 2.24) is 14.8 Å². The molecule has 6 nitrogen and oxygen atoms in total. The fourth-order valence-corrected chi connectivity index (χ4v) is 4.18. The van der Waals surface area contributed by atoms with Gasteiger partial charge in [0.1, 0.15) is 17.6 Å². The minimum Gasteiger partial charge on any atom is -0.386 e. The Bertz CT molecular complexity index is 1140. The first-order chi connectivity index (χ1) is 14.9. The number of hydrogen-bond donors (Lipinski definition) is 2. The molecule has 1 aliphatic carbocycles. The molecule has 1 unspecified atom stereocenters. The topological polar surface area (TPSA) is 76.9 Å². The summed E-state index contributed by atoms with van der Waals surface area (Å²) in [5.74, 6) is -0.700. The van der Waals surface area contributed by atoms with Gasteiger partial charge in [0.05, 0.1) is 5.52 Å². The minimum atomic E-state index is -0.997. The quantitative estimate of drug-likeness (QED) is 0.677. The smallest absolute Gasteiger partial charge is 0.254 e. The molecular formula is C24H24FN3O3. The number of carbonyl (C=O) groups is 1. The molecule has 160 valence electrons. The lowest BCUT2D eigenvalue weighted by molar-refractivity contribution is -0.108. The van der Waals surface area contributed by atoms with Gasteiger partial charge in [-0.3, -0.25) is 14.7 Å². The third kappa shape index (κ3) is 3.80. The number of amides is 1. The molecule has 1 saturated carbocycles. The molecule has 1 amide bonds. The first-order valence-electron chi connectivity index (χ1n) is 10.5. The average Bonchev–Trinajstić information content (AvgIpc) is 3.56. The van der Waals surface area contributed by atoms with Crippen molar-refractivity contribution in [3.8, 4) is 11.1 Å². The molecule has 1 saturated heterocycles.